The number of ether oxygens (including phenoxy) is 1. The van der Waals surface area contributed by atoms with Gasteiger partial charge in [0.1, 0.15) is 17.9 Å². The molecule has 0 amide bonds. The molecule has 29 heavy (non-hydrogen) atoms. The van der Waals surface area contributed by atoms with Gasteiger partial charge >= 0.3 is 0 Å². The Kier molecular flexibility index (Phi) is 5.29. The summed E-state index contributed by atoms with van der Waals surface area (Å²) < 4.78 is 5.37. The first-order chi connectivity index (χ1) is 14.2. The molecule has 5 nitrogen and oxygen atoms in total. The lowest BCUT2D eigenvalue weighted by Crippen LogP contribution is -2.01. The number of ketones is 1. The molecule has 0 atom stereocenters. The molecule has 4 rings (SSSR count). The molecule has 0 saturated heterocycles. The van der Waals surface area contributed by atoms with Gasteiger partial charge in [0.2, 0.25) is 0 Å². The molecule has 1 aromatic heterocycles. The van der Waals surface area contributed by atoms with Crippen molar-refractivity contribution in [3.63, 3.8) is 0 Å². The van der Waals surface area contributed by atoms with E-state index in [9.17, 15) is 4.79 Å². The quantitative estimate of drug-likeness (QED) is 0.469. The van der Waals surface area contributed by atoms with Crippen molar-refractivity contribution in [1.29, 1.82) is 0 Å². The summed E-state index contributed by atoms with van der Waals surface area (Å²) in [5.74, 6) is 1.39. The molecule has 5 heteroatoms. The normalized spacial score (nSPS) is 10.4. The van der Waals surface area contributed by atoms with Crippen molar-refractivity contribution in [2.45, 2.75) is 0 Å². The van der Waals surface area contributed by atoms with E-state index in [0.717, 1.165) is 22.7 Å². The zero-order valence-electron chi connectivity index (χ0n) is 15.9. The third kappa shape index (κ3) is 4.14. The van der Waals surface area contributed by atoms with E-state index in [2.05, 4.69) is 15.3 Å². The number of anilines is 2. The summed E-state index contributed by atoms with van der Waals surface area (Å²) in [6.07, 6.45) is 1.51. The molecule has 0 radical (unpaired) electrons. The summed E-state index contributed by atoms with van der Waals surface area (Å²) in [7, 11) is 1.63. The van der Waals surface area contributed by atoms with Crippen LogP contribution in [0.3, 0.4) is 0 Å². The van der Waals surface area contributed by atoms with E-state index in [1.807, 2.05) is 84.9 Å². The fourth-order valence-corrected chi connectivity index (χ4v) is 3.02. The predicted molar refractivity (Wildman–Crippen MR) is 114 cm³/mol. The van der Waals surface area contributed by atoms with Crippen LogP contribution in [0.15, 0.2) is 91.3 Å². The fourth-order valence-electron chi connectivity index (χ4n) is 3.02. The van der Waals surface area contributed by atoms with Gasteiger partial charge in [-0.1, -0.05) is 66.7 Å². The number of hydrogen-bond acceptors (Lipinski definition) is 5. The molecular weight excluding hydrogens is 362 g/mol. The van der Waals surface area contributed by atoms with E-state index in [0.29, 0.717) is 16.9 Å². The lowest BCUT2D eigenvalue weighted by Gasteiger charge is -2.11. The number of aromatic nitrogens is 2. The molecule has 0 aliphatic rings. The molecule has 1 N–H and O–H groups in total. The Balaban J connectivity index is 1.56. The maximum Gasteiger partial charge on any atom is 0.193 e. The zero-order chi connectivity index (χ0) is 20.1. The molecular formula is C24H19N3O2. The minimum Gasteiger partial charge on any atom is -0.495 e. The summed E-state index contributed by atoms with van der Waals surface area (Å²) in [6.45, 7) is 0. The number of benzene rings is 3. The summed E-state index contributed by atoms with van der Waals surface area (Å²) in [6, 6.07) is 26.2. The van der Waals surface area contributed by atoms with Gasteiger partial charge in [-0.3, -0.25) is 4.79 Å². The first kappa shape index (κ1) is 18.4. The Bertz CT molecular complexity index is 1130. The van der Waals surface area contributed by atoms with Crippen molar-refractivity contribution in [2.75, 3.05) is 12.4 Å². The van der Waals surface area contributed by atoms with E-state index in [4.69, 9.17) is 4.74 Å². The van der Waals surface area contributed by atoms with E-state index in [1.54, 1.807) is 7.11 Å². The standard InChI is InChI=1S/C24H19N3O2/c1-29-22-10-6-5-9-20(22)27-23-15-21(25-16-26-23)17-11-13-19(14-12-17)24(28)18-7-3-2-4-8-18/h2-16H,1H3,(H,25,26,27). The Morgan fingerprint density at radius 3 is 2.28 bits per heavy atom. The Labute approximate surface area is 169 Å². The Hall–Kier alpha value is -3.99. The number of carbonyl (C=O) groups is 1. The van der Waals surface area contributed by atoms with Crippen molar-refractivity contribution >= 4 is 17.3 Å². The molecule has 0 aliphatic carbocycles. The van der Waals surface area contributed by atoms with Crippen LogP contribution in [-0.4, -0.2) is 22.9 Å². The van der Waals surface area contributed by atoms with Crippen LogP contribution < -0.4 is 10.1 Å². The number of para-hydroxylation sites is 2. The monoisotopic (exact) mass is 381 g/mol. The lowest BCUT2D eigenvalue weighted by molar-refractivity contribution is 0.103. The SMILES string of the molecule is COc1ccccc1Nc1cc(-c2ccc(C(=O)c3ccccc3)cc2)ncn1. The van der Waals surface area contributed by atoms with E-state index in [1.165, 1.54) is 6.33 Å². The summed E-state index contributed by atoms with van der Waals surface area (Å²) >= 11 is 0. The van der Waals surface area contributed by atoms with Crippen molar-refractivity contribution in [3.05, 3.63) is 102 Å². The van der Waals surface area contributed by atoms with Crippen LogP contribution in [0.4, 0.5) is 11.5 Å². The first-order valence-corrected chi connectivity index (χ1v) is 9.17. The summed E-state index contributed by atoms with van der Waals surface area (Å²) in [5, 5.41) is 3.25. The average Bonchev–Trinajstić information content (AvgIpc) is 2.80. The van der Waals surface area contributed by atoms with Crippen LogP contribution in [0.2, 0.25) is 0 Å². The molecule has 0 spiro atoms. The number of nitrogens with zero attached hydrogens (tertiary/aromatic N) is 2. The van der Waals surface area contributed by atoms with Gasteiger partial charge < -0.3 is 10.1 Å². The number of carbonyl (C=O) groups excluding carboxylic acids is 1. The molecule has 1 heterocycles. The minimum atomic E-state index is -0.00151. The maximum absolute atomic E-state index is 12.6. The van der Waals surface area contributed by atoms with Crippen LogP contribution in [-0.2, 0) is 0 Å². The largest absolute Gasteiger partial charge is 0.495 e. The molecule has 0 aliphatic heterocycles. The van der Waals surface area contributed by atoms with Crippen molar-refractivity contribution in [2.24, 2.45) is 0 Å². The Morgan fingerprint density at radius 2 is 1.52 bits per heavy atom. The van der Waals surface area contributed by atoms with E-state index < -0.39 is 0 Å². The highest BCUT2D eigenvalue weighted by molar-refractivity contribution is 6.09. The molecule has 0 unspecified atom stereocenters. The lowest BCUT2D eigenvalue weighted by atomic mass is 10.0. The number of hydrogen-bond donors (Lipinski definition) is 1. The van der Waals surface area contributed by atoms with Gasteiger partial charge in [0.05, 0.1) is 18.5 Å². The zero-order valence-corrected chi connectivity index (χ0v) is 15.9. The minimum absolute atomic E-state index is 0.00151. The summed E-state index contributed by atoms with van der Waals surface area (Å²) in [4.78, 5) is 21.2. The van der Waals surface area contributed by atoms with Crippen LogP contribution >= 0.6 is 0 Å². The highest BCUT2D eigenvalue weighted by Crippen LogP contribution is 2.27. The van der Waals surface area contributed by atoms with Crippen LogP contribution in [0.1, 0.15) is 15.9 Å². The van der Waals surface area contributed by atoms with Gasteiger partial charge in [0.15, 0.2) is 5.78 Å². The van der Waals surface area contributed by atoms with Crippen molar-refractivity contribution in [3.8, 4) is 17.0 Å². The van der Waals surface area contributed by atoms with Gasteiger partial charge in [-0.15, -0.1) is 0 Å². The second-order valence-corrected chi connectivity index (χ2v) is 6.39. The number of rotatable bonds is 6. The second kappa shape index (κ2) is 8.35. The molecule has 142 valence electrons. The topological polar surface area (TPSA) is 64.1 Å². The highest BCUT2D eigenvalue weighted by Gasteiger charge is 2.10. The van der Waals surface area contributed by atoms with Gasteiger partial charge in [0.25, 0.3) is 0 Å². The predicted octanol–water partition coefficient (Wildman–Crippen LogP) is 5.13. The van der Waals surface area contributed by atoms with Crippen LogP contribution in [0.25, 0.3) is 11.3 Å². The third-order valence-corrected chi connectivity index (χ3v) is 4.52. The van der Waals surface area contributed by atoms with E-state index in [-0.39, 0.29) is 5.78 Å². The second-order valence-electron chi connectivity index (χ2n) is 6.39. The molecule has 3 aromatic carbocycles. The highest BCUT2D eigenvalue weighted by atomic mass is 16.5. The smallest absolute Gasteiger partial charge is 0.193 e. The van der Waals surface area contributed by atoms with Gasteiger partial charge in [-0.25, -0.2) is 9.97 Å². The van der Waals surface area contributed by atoms with Crippen molar-refractivity contribution in [1.82, 2.24) is 9.97 Å². The maximum atomic E-state index is 12.6. The van der Waals surface area contributed by atoms with E-state index >= 15 is 0 Å². The molecule has 4 aromatic rings. The molecule has 0 fully saturated rings. The van der Waals surface area contributed by atoms with Crippen LogP contribution in [0.5, 0.6) is 5.75 Å². The van der Waals surface area contributed by atoms with Crippen molar-refractivity contribution < 1.29 is 9.53 Å². The summed E-state index contributed by atoms with van der Waals surface area (Å²) in [5.41, 5.74) is 3.80. The number of methoxy groups -OCH3 is 1. The first-order valence-electron chi connectivity index (χ1n) is 9.17. The van der Waals surface area contributed by atoms with Gasteiger partial charge in [-0.2, -0.15) is 0 Å². The average molecular weight is 381 g/mol. The number of nitrogens with one attached hydrogen (secondary N) is 1. The third-order valence-electron chi connectivity index (χ3n) is 4.52. The molecule has 0 bridgehead atoms. The van der Waals surface area contributed by atoms with Gasteiger partial charge in [0, 0.05) is 22.8 Å². The fraction of sp³-hybridized carbons (Fsp3) is 0.0417. The molecule has 0 saturated carbocycles. The van der Waals surface area contributed by atoms with Gasteiger partial charge in [-0.05, 0) is 12.1 Å². The van der Waals surface area contributed by atoms with Crippen LogP contribution in [0, 0.1) is 0 Å². The Morgan fingerprint density at radius 1 is 0.828 bits per heavy atom.